The predicted molar refractivity (Wildman–Crippen MR) is 104 cm³/mol. The first kappa shape index (κ1) is 16.6. The number of hydrogen-bond donors (Lipinski definition) is 2. The molecule has 0 bridgehead atoms. The number of benzene rings is 2. The van der Waals surface area contributed by atoms with Crippen LogP contribution in [0.15, 0.2) is 48.5 Å². The van der Waals surface area contributed by atoms with Gasteiger partial charge < -0.3 is 5.32 Å². The summed E-state index contributed by atoms with van der Waals surface area (Å²) in [6.45, 7) is 4.17. The van der Waals surface area contributed by atoms with Crippen molar-refractivity contribution in [3.63, 3.8) is 0 Å². The first-order valence-corrected chi connectivity index (χ1v) is 9.11. The lowest BCUT2D eigenvalue weighted by molar-refractivity contribution is -0.115. The number of nitrogens with zero attached hydrogens (tertiary/aromatic N) is 1. The van der Waals surface area contributed by atoms with Gasteiger partial charge >= 0.3 is 0 Å². The van der Waals surface area contributed by atoms with Gasteiger partial charge in [0.1, 0.15) is 5.69 Å². The zero-order valence-electron chi connectivity index (χ0n) is 15.2. The van der Waals surface area contributed by atoms with Crippen LogP contribution in [0.1, 0.15) is 41.1 Å². The van der Waals surface area contributed by atoms with Crippen molar-refractivity contribution in [3.8, 4) is 11.3 Å². The maximum absolute atomic E-state index is 12.6. The molecule has 1 saturated carbocycles. The van der Waals surface area contributed by atoms with E-state index in [1.165, 1.54) is 5.56 Å². The molecule has 0 unspecified atom stereocenters. The van der Waals surface area contributed by atoms with Crippen molar-refractivity contribution in [2.24, 2.45) is 0 Å². The molecule has 0 radical (unpaired) electrons. The van der Waals surface area contributed by atoms with Crippen molar-refractivity contribution >= 4 is 11.6 Å². The number of aryl methyl sites for hydroxylation is 2. The summed E-state index contributed by atoms with van der Waals surface area (Å²) in [5.41, 5.74) is 7.20. The molecule has 1 amide bonds. The van der Waals surface area contributed by atoms with E-state index in [1.807, 2.05) is 30.3 Å². The number of anilines is 1. The smallest absolute Gasteiger partial charge is 0.228 e. The van der Waals surface area contributed by atoms with E-state index in [-0.39, 0.29) is 5.91 Å². The molecule has 4 nitrogen and oxygen atoms in total. The maximum atomic E-state index is 12.6. The molecule has 2 aromatic carbocycles. The van der Waals surface area contributed by atoms with Crippen LogP contribution in [-0.2, 0) is 11.2 Å². The molecule has 1 aliphatic rings. The summed E-state index contributed by atoms with van der Waals surface area (Å²) >= 11 is 0. The van der Waals surface area contributed by atoms with E-state index >= 15 is 0 Å². The van der Waals surface area contributed by atoms with E-state index in [9.17, 15) is 4.79 Å². The predicted octanol–water partition coefficient (Wildman–Crippen LogP) is 4.75. The minimum Gasteiger partial charge on any atom is -0.322 e. The number of amides is 1. The highest BCUT2D eigenvalue weighted by atomic mass is 16.1. The summed E-state index contributed by atoms with van der Waals surface area (Å²) in [6.07, 6.45) is 2.66. The Morgan fingerprint density at radius 3 is 2.62 bits per heavy atom. The molecule has 132 valence electrons. The van der Waals surface area contributed by atoms with Crippen LogP contribution in [0.5, 0.6) is 0 Å². The molecule has 0 atom stereocenters. The normalized spacial score (nSPS) is 13.6. The number of aromatic amines is 1. The minimum atomic E-state index is -0.00878. The summed E-state index contributed by atoms with van der Waals surface area (Å²) in [5, 5.41) is 10.9. The van der Waals surface area contributed by atoms with Crippen LogP contribution in [0.3, 0.4) is 0 Å². The standard InChI is InChI=1S/C22H23N3O/c1-14-8-11-18(15(2)12-14)21-22(20(24-25-21)17-9-10-17)23-19(26)13-16-6-4-3-5-7-16/h3-8,11-12,17H,9-10,13H2,1-2H3,(H,23,26)(H,24,25). The Bertz CT molecular complexity index is 939. The quantitative estimate of drug-likeness (QED) is 0.701. The number of nitrogens with one attached hydrogen (secondary N) is 2. The molecule has 1 heterocycles. The van der Waals surface area contributed by atoms with Gasteiger partial charge in [-0.1, -0.05) is 54.1 Å². The molecule has 1 aromatic heterocycles. The van der Waals surface area contributed by atoms with E-state index in [0.717, 1.165) is 46.6 Å². The number of carbonyl (C=O) groups is 1. The number of rotatable bonds is 5. The van der Waals surface area contributed by atoms with Crippen LogP contribution in [0.4, 0.5) is 5.69 Å². The topological polar surface area (TPSA) is 57.8 Å². The third-order valence-electron chi connectivity index (χ3n) is 4.89. The number of carbonyl (C=O) groups excluding carboxylic acids is 1. The summed E-state index contributed by atoms with van der Waals surface area (Å²) in [6, 6.07) is 16.1. The van der Waals surface area contributed by atoms with Crippen LogP contribution in [-0.4, -0.2) is 16.1 Å². The third-order valence-corrected chi connectivity index (χ3v) is 4.89. The van der Waals surface area contributed by atoms with Crippen LogP contribution in [0, 0.1) is 13.8 Å². The maximum Gasteiger partial charge on any atom is 0.228 e. The van der Waals surface area contributed by atoms with Gasteiger partial charge in [-0.15, -0.1) is 0 Å². The van der Waals surface area contributed by atoms with Crippen molar-refractivity contribution in [2.75, 3.05) is 5.32 Å². The van der Waals surface area contributed by atoms with Gasteiger partial charge in [-0.2, -0.15) is 5.10 Å². The number of hydrogen-bond acceptors (Lipinski definition) is 2. The second-order valence-corrected chi connectivity index (χ2v) is 7.16. The first-order chi connectivity index (χ1) is 12.6. The van der Waals surface area contributed by atoms with Crippen molar-refractivity contribution in [1.82, 2.24) is 10.2 Å². The Hall–Kier alpha value is -2.88. The van der Waals surface area contributed by atoms with Crippen LogP contribution in [0.25, 0.3) is 11.3 Å². The average Bonchev–Trinajstić information content (AvgIpc) is 3.38. The van der Waals surface area contributed by atoms with E-state index in [1.54, 1.807) is 0 Å². The van der Waals surface area contributed by atoms with Gasteiger partial charge in [0, 0.05) is 11.5 Å². The fraction of sp³-hybridized carbons (Fsp3) is 0.273. The number of aromatic nitrogens is 2. The molecule has 0 saturated heterocycles. The minimum absolute atomic E-state index is 0.00878. The van der Waals surface area contributed by atoms with E-state index in [4.69, 9.17) is 0 Å². The Morgan fingerprint density at radius 2 is 1.92 bits per heavy atom. The lowest BCUT2D eigenvalue weighted by Crippen LogP contribution is -2.15. The van der Waals surface area contributed by atoms with Gasteiger partial charge in [0.15, 0.2) is 0 Å². The molecule has 1 fully saturated rings. The van der Waals surface area contributed by atoms with Crippen LogP contribution in [0.2, 0.25) is 0 Å². The lowest BCUT2D eigenvalue weighted by Gasteiger charge is -2.10. The highest BCUT2D eigenvalue weighted by Gasteiger charge is 2.31. The Labute approximate surface area is 153 Å². The highest BCUT2D eigenvalue weighted by Crippen LogP contribution is 2.45. The molecule has 0 spiro atoms. The number of H-pyrrole nitrogens is 1. The largest absolute Gasteiger partial charge is 0.322 e. The molecule has 4 heteroatoms. The van der Waals surface area contributed by atoms with E-state index in [2.05, 4.69) is 47.6 Å². The van der Waals surface area contributed by atoms with Crippen molar-refractivity contribution in [2.45, 2.75) is 39.0 Å². The summed E-state index contributed by atoms with van der Waals surface area (Å²) in [7, 11) is 0. The second-order valence-electron chi connectivity index (χ2n) is 7.16. The second kappa shape index (κ2) is 6.79. The fourth-order valence-electron chi connectivity index (χ4n) is 3.39. The average molecular weight is 345 g/mol. The summed E-state index contributed by atoms with van der Waals surface area (Å²) in [5.74, 6) is 0.472. The molecular weight excluding hydrogens is 322 g/mol. The van der Waals surface area contributed by atoms with Gasteiger partial charge in [0.25, 0.3) is 0 Å². The molecule has 1 aliphatic carbocycles. The van der Waals surface area contributed by atoms with Crippen LogP contribution >= 0.6 is 0 Å². The van der Waals surface area contributed by atoms with Gasteiger partial charge in [-0.05, 0) is 37.8 Å². The van der Waals surface area contributed by atoms with E-state index < -0.39 is 0 Å². The van der Waals surface area contributed by atoms with Gasteiger partial charge in [0.05, 0.1) is 17.8 Å². The SMILES string of the molecule is Cc1ccc(-c2n[nH]c(C3CC3)c2NC(=O)Cc2ccccc2)c(C)c1. The molecule has 3 aromatic rings. The highest BCUT2D eigenvalue weighted by molar-refractivity contribution is 5.97. The fourth-order valence-corrected chi connectivity index (χ4v) is 3.39. The van der Waals surface area contributed by atoms with Crippen LogP contribution < -0.4 is 5.32 Å². The monoisotopic (exact) mass is 345 g/mol. The molecule has 0 aliphatic heterocycles. The molecule has 2 N–H and O–H groups in total. The molecule has 26 heavy (non-hydrogen) atoms. The summed E-state index contributed by atoms with van der Waals surface area (Å²) in [4.78, 5) is 12.6. The molecular formula is C22H23N3O. The van der Waals surface area contributed by atoms with Gasteiger partial charge in [-0.3, -0.25) is 9.89 Å². The Morgan fingerprint density at radius 1 is 1.15 bits per heavy atom. The summed E-state index contributed by atoms with van der Waals surface area (Å²) < 4.78 is 0. The first-order valence-electron chi connectivity index (χ1n) is 9.11. The zero-order chi connectivity index (χ0) is 18.1. The van der Waals surface area contributed by atoms with Crippen molar-refractivity contribution in [3.05, 3.63) is 70.9 Å². The van der Waals surface area contributed by atoms with Gasteiger partial charge in [0.2, 0.25) is 5.91 Å². The third kappa shape index (κ3) is 3.40. The lowest BCUT2D eigenvalue weighted by atomic mass is 10.0. The van der Waals surface area contributed by atoms with Crippen molar-refractivity contribution in [1.29, 1.82) is 0 Å². The van der Waals surface area contributed by atoms with Crippen molar-refractivity contribution < 1.29 is 4.79 Å². The zero-order valence-corrected chi connectivity index (χ0v) is 15.2. The Balaban J connectivity index is 1.65. The van der Waals surface area contributed by atoms with Gasteiger partial charge in [-0.25, -0.2) is 0 Å². The van der Waals surface area contributed by atoms with E-state index in [0.29, 0.717) is 12.3 Å². The Kier molecular flexibility index (Phi) is 4.33. The molecule has 4 rings (SSSR count).